The number of hydrogen-bond acceptors (Lipinski definition) is 5. The molecule has 1 aromatic heterocycles. The Bertz CT molecular complexity index is 462. The molecule has 0 aromatic carbocycles. The fourth-order valence-corrected chi connectivity index (χ4v) is 1.78. The molecule has 0 aliphatic carbocycles. The van der Waals surface area contributed by atoms with Gasteiger partial charge in [-0.05, 0) is 18.6 Å². The number of nitrogens with zero attached hydrogens (tertiary/aromatic N) is 1. The maximum atomic E-state index is 10.9. The maximum absolute atomic E-state index is 10.9. The third kappa shape index (κ3) is 6.41. The maximum Gasteiger partial charge on any atom is 0.208 e. The van der Waals surface area contributed by atoms with Crippen molar-refractivity contribution < 1.29 is 8.42 Å². The highest BCUT2D eigenvalue weighted by molar-refractivity contribution is 7.88. The van der Waals surface area contributed by atoms with Gasteiger partial charge >= 0.3 is 0 Å². The van der Waals surface area contributed by atoms with Crippen molar-refractivity contribution in [2.24, 2.45) is 0 Å². The van der Waals surface area contributed by atoms with Gasteiger partial charge in [-0.2, -0.15) is 0 Å². The average molecular weight is 272 g/mol. The van der Waals surface area contributed by atoms with Crippen molar-refractivity contribution in [2.75, 3.05) is 36.5 Å². The van der Waals surface area contributed by atoms with Crippen molar-refractivity contribution in [3.05, 3.63) is 18.2 Å². The molecule has 0 aliphatic heterocycles. The number of sulfonamides is 1. The summed E-state index contributed by atoms with van der Waals surface area (Å²) in [4.78, 5) is 4.34. The van der Waals surface area contributed by atoms with Crippen LogP contribution in [-0.4, -0.2) is 39.3 Å². The molecule has 0 saturated carbocycles. The standard InChI is InChI=1S/C11H20N4O2S/c1-3-7-12-10-5-4-6-11(15-10)13-8-9-14-18(2,16)17/h4-6,14H,3,7-9H2,1-2H3,(H2,12,13,15). The van der Waals surface area contributed by atoms with E-state index in [4.69, 9.17) is 0 Å². The molecule has 102 valence electrons. The molecule has 0 unspecified atom stereocenters. The second kappa shape index (κ2) is 7.17. The van der Waals surface area contributed by atoms with E-state index in [2.05, 4.69) is 27.3 Å². The Morgan fingerprint density at radius 1 is 1.11 bits per heavy atom. The first-order valence-electron chi connectivity index (χ1n) is 5.90. The zero-order valence-electron chi connectivity index (χ0n) is 10.7. The Morgan fingerprint density at radius 2 is 1.72 bits per heavy atom. The molecule has 18 heavy (non-hydrogen) atoms. The third-order valence-corrected chi connectivity index (χ3v) is 2.83. The van der Waals surface area contributed by atoms with Crippen molar-refractivity contribution in [1.29, 1.82) is 0 Å². The van der Waals surface area contributed by atoms with Gasteiger partial charge in [-0.15, -0.1) is 0 Å². The van der Waals surface area contributed by atoms with Gasteiger partial charge in [0.05, 0.1) is 6.26 Å². The lowest BCUT2D eigenvalue weighted by molar-refractivity contribution is 0.589. The summed E-state index contributed by atoms with van der Waals surface area (Å²) in [5.74, 6) is 1.55. The van der Waals surface area contributed by atoms with Crippen LogP contribution in [-0.2, 0) is 10.0 Å². The first kappa shape index (κ1) is 14.7. The summed E-state index contributed by atoms with van der Waals surface area (Å²) < 4.78 is 24.1. The number of aromatic nitrogens is 1. The Labute approximate surface area is 108 Å². The van der Waals surface area contributed by atoms with E-state index in [0.29, 0.717) is 13.1 Å². The van der Waals surface area contributed by atoms with E-state index < -0.39 is 10.0 Å². The van der Waals surface area contributed by atoms with Crippen LogP contribution in [0.15, 0.2) is 18.2 Å². The van der Waals surface area contributed by atoms with Gasteiger partial charge in [0.1, 0.15) is 11.6 Å². The summed E-state index contributed by atoms with van der Waals surface area (Å²) in [6.07, 6.45) is 2.18. The van der Waals surface area contributed by atoms with E-state index >= 15 is 0 Å². The number of rotatable bonds is 8. The quantitative estimate of drug-likeness (QED) is 0.612. The zero-order valence-corrected chi connectivity index (χ0v) is 11.5. The minimum Gasteiger partial charge on any atom is -0.370 e. The van der Waals surface area contributed by atoms with Crippen molar-refractivity contribution in [2.45, 2.75) is 13.3 Å². The predicted molar refractivity (Wildman–Crippen MR) is 74.4 cm³/mol. The molecule has 7 heteroatoms. The highest BCUT2D eigenvalue weighted by atomic mass is 32.2. The van der Waals surface area contributed by atoms with Crippen LogP contribution in [0.25, 0.3) is 0 Å². The number of pyridine rings is 1. The van der Waals surface area contributed by atoms with Gasteiger partial charge in [-0.25, -0.2) is 18.1 Å². The predicted octanol–water partition coefficient (Wildman–Crippen LogP) is 0.865. The van der Waals surface area contributed by atoms with Crippen LogP contribution in [0.4, 0.5) is 11.6 Å². The van der Waals surface area contributed by atoms with Gasteiger partial charge in [-0.3, -0.25) is 0 Å². The molecule has 0 fully saturated rings. The Morgan fingerprint density at radius 3 is 2.28 bits per heavy atom. The second-order valence-corrected chi connectivity index (χ2v) is 5.76. The Hall–Kier alpha value is -1.34. The average Bonchev–Trinajstić information content (AvgIpc) is 2.31. The molecule has 1 heterocycles. The summed E-state index contributed by atoms with van der Waals surface area (Å²) in [5.41, 5.74) is 0. The fraction of sp³-hybridized carbons (Fsp3) is 0.545. The van der Waals surface area contributed by atoms with E-state index in [1.807, 2.05) is 18.2 Å². The topological polar surface area (TPSA) is 83.1 Å². The second-order valence-electron chi connectivity index (χ2n) is 3.93. The Kier molecular flexibility index (Phi) is 5.87. The van der Waals surface area contributed by atoms with Gasteiger partial charge in [0.15, 0.2) is 0 Å². The zero-order chi connectivity index (χ0) is 13.4. The first-order valence-corrected chi connectivity index (χ1v) is 7.80. The van der Waals surface area contributed by atoms with Crippen LogP contribution >= 0.6 is 0 Å². The molecule has 1 aromatic rings. The first-order chi connectivity index (χ1) is 8.51. The molecule has 0 saturated heterocycles. The van der Waals surface area contributed by atoms with Crippen LogP contribution < -0.4 is 15.4 Å². The molecule has 6 nitrogen and oxygen atoms in total. The lowest BCUT2D eigenvalue weighted by Gasteiger charge is -2.08. The van der Waals surface area contributed by atoms with E-state index in [9.17, 15) is 8.42 Å². The van der Waals surface area contributed by atoms with Gasteiger partial charge in [0.25, 0.3) is 0 Å². The minimum atomic E-state index is -3.12. The van der Waals surface area contributed by atoms with Crippen molar-refractivity contribution in [1.82, 2.24) is 9.71 Å². The fourth-order valence-electron chi connectivity index (χ4n) is 1.31. The number of nitrogens with one attached hydrogen (secondary N) is 3. The number of hydrogen-bond donors (Lipinski definition) is 3. The third-order valence-electron chi connectivity index (χ3n) is 2.10. The monoisotopic (exact) mass is 272 g/mol. The van der Waals surface area contributed by atoms with Gasteiger partial charge < -0.3 is 10.6 Å². The summed E-state index contributed by atoms with van der Waals surface area (Å²) in [6, 6.07) is 5.64. The summed E-state index contributed by atoms with van der Waals surface area (Å²) in [7, 11) is -3.12. The van der Waals surface area contributed by atoms with E-state index in [-0.39, 0.29) is 0 Å². The minimum absolute atomic E-state index is 0.340. The molecule has 0 spiro atoms. The van der Waals surface area contributed by atoms with Crippen molar-refractivity contribution in [3.8, 4) is 0 Å². The van der Waals surface area contributed by atoms with E-state index in [1.165, 1.54) is 0 Å². The lowest BCUT2D eigenvalue weighted by Crippen LogP contribution is -2.27. The molecule has 0 radical (unpaired) electrons. The molecule has 0 bridgehead atoms. The van der Waals surface area contributed by atoms with Crippen LogP contribution in [0.5, 0.6) is 0 Å². The van der Waals surface area contributed by atoms with Crippen LogP contribution in [0.1, 0.15) is 13.3 Å². The highest BCUT2D eigenvalue weighted by Gasteiger charge is 2.00. The van der Waals surface area contributed by atoms with E-state index in [0.717, 1.165) is 30.9 Å². The smallest absolute Gasteiger partial charge is 0.208 e. The normalized spacial score (nSPS) is 11.2. The summed E-state index contributed by atoms with van der Waals surface area (Å²) >= 11 is 0. The summed E-state index contributed by atoms with van der Waals surface area (Å²) in [6.45, 7) is 3.81. The Balaban J connectivity index is 2.38. The molecule has 0 atom stereocenters. The van der Waals surface area contributed by atoms with Gasteiger partial charge in [-0.1, -0.05) is 13.0 Å². The van der Waals surface area contributed by atoms with Crippen LogP contribution in [0.2, 0.25) is 0 Å². The molecular formula is C11H20N4O2S. The molecule has 0 aliphatic rings. The van der Waals surface area contributed by atoms with Crippen LogP contribution in [0, 0.1) is 0 Å². The largest absolute Gasteiger partial charge is 0.370 e. The van der Waals surface area contributed by atoms with Crippen LogP contribution in [0.3, 0.4) is 0 Å². The van der Waals surface area contributed by atoms with Gasteiger partial charge in [0, 0.05) is 19.6 Å². The van der Waals surface area contributed by atoms with Crippen molar-refractivity contribution >= 4 is 21.7 Å². The van der Waals surface area contributed by atoms with E-state index in [1.54, 1.807) is 0 Å². The molecule has 3 N–H and O–H groups in total. The number of anilines is 2. The molecule has 1 rings (SSSR count). The summed E-state index contributed by atoms with van der Waals surface area (Å²) in [5, 5.41) is 6.24. The van der Waals surface area contributed by atoms with Crippen molar-refractivity contribution in [3.63, 3.8) is 0 Å². The molecule has 0 amide bonds. The SMILES string of the molecule is CCCNc1cccc(NCCNS(C)(=O)=O)n1. The lowest BCUT2D eigenvalue weighted by atomic mass is 10.4. The van der Waals surface area contributed by atoms with Gasteiger partial charge in [0.2, 0.25) is 10.0 Å². The molecular weight excluding hydrogens is 252 g/mol. The highest BCUT2D eigenvalue weighted by Crippen LogP contribution is 2.08.